The lowest BCUT2D eigenvalue weighted by atomic mass is 9.88. The Balaban J connectivity index is 3.39. The van der Waals surface area contributed by atoms with Crippen LogP contribution >= 0.6 is 23.2 Å². The molecule has 1 aromatic rings. The molecule has 0 spiro atoms. The third-order valence-corrected chi connectivity index (χ3v) is 6.31. The highest BCUT2D eigenvalue weighted by atomic mass is 35.5. The lowest BCUT2D eigenvalue weighted by Crippen LogP contribution is -2.43. The van der Waals surface area contributed by atoms with Gasteiger partial charge in [0.2, 0.25) is 10.0 Å². The van der Waals surface area contributed by atoms with Gasteiger partial charge in [0.05, 0.1) is 10.0 Å². The zero-order chi connectivity index (χ0) is 15.9. The normalized spacial score (nSPS) is 14.6. The number of sulfonamides is 1. The second kappa shape index (κ2) is 5.72. The molecule has 0 aromatic heterocycles. The average molecular weight is 339 g/mol. The van der Waals surface area contributed by atoms with E-state index in [0.29, 0.717) is 5.69 Å². The molecule has 0 bridgehead atoms. The molecule has 1 aromatic carbocycles. The second-order valence-corrected chi connectivity index (χ2v) is 8.63. The van der Waals surface area contributed by atoms with Gasteiger partial charge in [-0.2, -0.15) is 4.31 Å². The zero-order valence-electron chi connectivity index (χ0n) is 12.2. The molecule has 0 aliphatic rings. The van der Waals surface area contributed by atoms with E-state index in [1.165, 1.54) is 23.5 Å². The highest BCUT2D eigenvalue weighted by molar-refractivity contribution is 7.89. The van der Waals surface area contributed by atoms with Crippen molar-refractivity contribution in [3.8, 4) is 0 Å². The van der Waals surface area contributed by atoms with E-state index in [1.807, 2.05) is 27.7 Å². The lowest BCUT2D eigenvalue weighted by Gasteiger charge is -2.34. The number of nitrogens with zero attached hydrogens (tertiary/aromatic N) is 1. The van der Waals surface area contributed by atoms with Gasteiger partial charge in [0.15, 0.2) is 0 Å². The summed E-state index contributed by atoms with van der Waals surface area (Å²) in [7, 11) is -2.26. The molecule has 0 aliphatic heterocycles. The number of hydrogen-bond donors (Lipinski definition) is 1. The molecule has 1 atom stereocenters. The van der Waals surface area contributed by atoms with E-state index < -0.39 is 10.0 Å². The van der Waals surface area contributed by atoms with Gasteiger partial charge in [-0.15, -0.1) is 0 Å². The quantitative estimate of drug-likeness (QED) is 0.856. The van der Waals surface area contributed by atoms with Crippen molar-refractivity contribution in [1.29, 1.82) is 0 Å². The number of hydrogen-bond acceptors (Lipinski definition) is 3. The molecule has 0 fully saturated rings. The second-order valence-electron chi connectivity index (χ2n) is 5.88. The Morgan fingerprint density at radius 1 is 1.20 bits per heavy atom. The molecular formula is C13H20Cl2N2O2S. The molecule has 0 aliphatic carbocycles. The van der Waals surface area contributed by atoms with Gasteiger partial charge in [-0.05, 0) is 24.5 Å². The van der Waals surface area contributed by atoms with Gasteiger partial charge >= 0.3 is 0 Å². The minimum Gasteiger partial charge on any atom is -0.399 e. The van der Waals surface area contributed by atoms with Crippen LogP contribution in [-0.2, 0) is 10.0 Å². The van der Waals surface area contributed by atoms with Gasteiger partial charge in [-0.25, -0.2) is 8.42 Å². The maximum Gasteiger partial charge on any atom is 0.246 e. The van der Waals surface area contributed by atoms with E-state index in [-0.39, 0.29) is 26.4 Å². The van der Waals surface area contributed by atoms with Gasteiger partial charge in [-0.3, -0.25) is 0 Å². The van der Waals surface area contributed by atoms with Crippen LogP contribution in [0.3, 0.4) is 0 Å². The molecule has 0 amide bonds. The van der Waals surface area contributed by atoms with Crippen molar-refractivity contribution in [2.75, 3.05) is 12.8 Å². The van der Waals surface area contributed by atoms with Gasteiger partial charge in [0, 0.05) is 18.8 Å². The van der Waals surface area contributed by atoms with Crippen LogP contribution in [0.4, 0.5) is 5.69 Å². The number of anilines is 1. The smallest absolute Gasteiger partial charge is 0.246 e. The van der Waals surface area contributed by atoms with Crippen LogP contribution in [-0.4, -0.2) is 25.8 Å². The van der Waals surface area contributed by atoms with Crippen LogP contribution in [0.1, 0.15) is 27.7 Å². The molecule has 20 heavy (non-hydrogen) atoms. The summed E-state index contributed by atoms with van der Waals surface area (Å²) >= 11 is 12.0. The fourth-order valence-corrected chi connectivity index (χ4v) is 4.44. The Kier molecular flexibility index (Phi) is 5.02. The lowest BCUT2D eigenvalue weighted by molar-refractivity contribution is 0.216. The van der Waals surface area contributed by atoms with Crippen molar-refractivity contribution in [2.45, 2.75) is 38.6 Å². The van der Waals surface area contributed by atoms with Gasteiger partial charge in [0.1, 0.15) is 4.90 Å². The van der Waals surface area contributed by atoms with E-state index in [4.69, 9.17) is 28.9 Å². The number of rotatable bonds is 3. The van der Waals surface area contributed by atoms with Crippen LogP contribution in [0.15, 0.2) is 17.0 Å². The molecule has 0 heterocycles. The van der Waals surface area contributed by atoms with Crippen LogP contribution in [0.25, 0.3) is 0 Å². The Bertz CT molecular complexity index is 586. The maximum absolute atomic E-state index is 12.7. The molecule has 0 radical (unpaired) electrons. The summed E-state index contributed by atoms with van der Waals surface area (Å²) in [6, 6.07) is 2.54. The summed E-state index contributed by atoms with van der Waals surface area (Å²) in [5.74, 6) is 0. The predicted octanol–water partition coefficient (Wildman–Crippen LogP) is 3.63. The SMILES string of the molecule is CC(N(C)S(=O)(=O)c1c(Cl)cc(N)cc1Cl)C(C)(C)C. The molecule has 4 nitrogen and oxygen atoms in total. The van der Waals surface area contributed by atoms with E-state index in [1.54, 1.807) is 0 Å². The topological polar surface area (TPSA) is 63.4 Å². The summed E-state index contributed by atoms with van der Waals surface area (Å²) < 4.78 is 26.7. The van der Waals surface area contributed by atoms with Crippen LogP contribution < -0.4 is 5.73 Å². The fraction of sp³-hybridized carbons (Fsp3) is 0.538. The largest absolute Gasteiger partial charge is 0.399 e. The number of halogens is 2. The van der Waals surface area contributed by atoms with Crippen molar-refractivity contribution in [1.82, 2.24) is 4.31 Å². The van der Waals surface area contributed by atoms with Gasteiger partial charge in [0.25, 0.3) is 0 Å². The molecular weight excluding hydrogens is 319 g/mol. The Morgan fingerprint density at radius 3 is 1.95 bits per heavy atom. The third kappa shape index (κ3) is 3.39. The van der Waals surface area contributed by atoms with Crippen LogP contribution in [0, 0.1) is 5.41 Å². The maximum atomic E-state index is 12.7. The van der Waals surface area contributed by atoms with Crippen molar-refractivity contribution in [2.24, 2.45) is 5.41 Å². The van der Waals surface area contributed by atoms with Crippen LogP contribution in [0.5, 0.6) is 0 Å². The highest BCUT2D eigenvalue weighted by Crippen LogP contribution is 2.36. The molecule has 114 valence electrons. The van der Waals surface area contributed by atoms with E-state index >= 15 is 0 Å². The first-order chi connectivity index (χ1) is 8.89. The van der Waals surface area contributed by atoms with Crippen molar-refractivity contribution >= 4 is 38.9 Å². The standard InChI is InChI=1S/C13H20Cl2N2O2S/c1-8(13(2,3)4)17(5)20(18,19)12-10(14)6-9(16)7-11(12)15/h6-8H,16H2,1-5H3. The summed E-state index contributed by atoms with van der Waals surface area (Å²) in [6.07, 6.45) is 0. The molecule has 2 N–H and O–H groups in total. The summed E-state index contributed by atoms with van der Waals surface area (Å²) in [5.41, 5.74) is 5.71. The van der Waals surface area contributed by atoms with Gasteiger partial charge in [-0.1, -0.05) is 44.0 Å². The Morgan fingerprint density at radius 2 is 1.60 bits per heavy atom. The molecule has 7 heteroatoms. The van der Waals surface area contributed by atoms with Crippen LogP contribution in [0.2, 0.25) is 10.0 Å². The molecule has 1 rings (SSSR count). The molecule has 0 saturated heterocycles. The summed E-state index contributed by atoms with van der Waals surface area (Å²) in [4.78, 5) is -0.103. The molecule has 1 unspecified atom stereocenters. The highest BCUT2D eigenvalue weighted by Gasteiger charge is 2.34. The Labute approximate surface area is 130 Å². The Hall–Kier alpha value is -0.490. The third-order valence-electron chi connectivity index (χ3n) is 3.46. The first kappa shape index (κ1) is 17.6. The van der Waals surface area contributed by atoms with E-state index in [2.05, 4.69) is 0 Å². The summed E-state index contributed by atoms with van der Waals surface area (Å²) in [5, 5.41) is 0.0610. The number of nitrogens with two attached hydrogens (primary N) is 1. The molecule has 0 saturated carbocycles. The van der Waals surface area contributed by atoms with Crippen molar-refractivity contribution in [3.63, 3.8) is 0 Å². The summed E-state index contributed by atoms with van der Waals surface area (Å²) in [6.45, 7) is 7.75. The fourth-order valence-electron chi connectivity index (χ4n) is 1.72. The van der Waals surface area contributed by atoms with Gasteiger partial charge < -0.3 is 5.73 Å². The number of nitrogen functional groups attached to an aromatic ring is 1. The van der Waals surface area contributed by atoms with Crippen molar-refractivity contribution in [3.05, 3.63) is 22.2 Å². The monoisotopic (exact) mass is 338 g/mol. The zero-order valence-corrected chi connectivity index (χ0v) is 14.6. The predicted molar refractivity (Wildman–Crippen MR) is 84.7 cm³/mol. The minimum atomic E-state index is -3.79. The minimum absolute atomic E-state index is 0.0305. The van der Waals surface area contributed by atoms with Crippen molar-refractivity contribution < 1.29 is 8.42 Å². The van der Waals surface area contributed by atoms with E-state index in [9.17, 15) is 8.42 Å². The first-order valence-electron chi connectivity index (χ1n) is 6.11. The van der Waals surface area contributed by atoms with E-state index in [0.717, 1.165) is 0 Å². The number of benzene rings is 1. The average Bonchev–Trinajstić information content (AvgIpc) is 2.23. The first-order valence-corrected chi connectivity index (χ1v) is 8.31.